The molecule has 3 aliphatic carbocycles. The summed E-state index contributed by atoms with van der Waals surface area (Å²) in [6, 6.07) is 96.8. The summed E-state index contributed by atoms with van der Waals surface area (Å²) < 4.78 is 2.54. The van der Waals surface area contributed by atoms with E-state index in [-0.39, 0.29) is 0 Å². The number of para-hydroxylation sites is 3. The lowest BCUT2D eigenvalue weighted by molar-refractivity contribution is 0.748. The van der Waals surface area contributed by atoms with Gasteiger partial charge in [-0.2, -0.15) is 0 Å². The van der Waals surface area contributed by atoms with E-state index < -0.39 is 10.8 Å². The maximum atomic E-state index is 2.58. The molecule has 72 heavy (non-hydrogen) atoms. The highest BCUT2D eigenvalue weighted by molar-refractivity contribution is 6.13. The molecule has 0 amide bonds. The number of rotatable bonds is 3. The third-order valence-electron chi connectivity index (χ3n) is 17.2. The summed E-state index contributed by atoms with van der Waals surface area (Å²) in [5.41, 5.74) is 24.4. The van der Waals surface area contributed by atoms with Crippen LogP contribution in [0.15, 0.2) is 255 Å². The molecule has 1 atom stereocenters. The third-order valence-corrected chi connectivity index (χ3v) is 17.2. The average molecular weight is 911 g/mol. The van der Waals surface area contributed by atoms with E-state index in [0.717, 1.165) is 17.1 Å². The van der Waals surface area contributed by atoms with E-state index in [1.807, 2.05) is 0 Å². The summed E-state index contributed by atoms with van der Waals surface area (Å²) in [5.74, 6) is 0. The van der Waals surface area contributed by atoms with Gasteiger partial charge in [0.1, 0.15) is 0 Å². The quantitative estimate of drug-likeness (QED) is 0.160. The van der Waals surface area contributed by atoms with Crippen LogP contribution in [0, 0.1) is 0 Å². The van der Waals surface area contributed by atoms with E-state index in [1.54, 1.807) is 0 Å². The van der Waals surface area contributed by atoms with Crippen LogP contribution in [0.3, 0.4) is 0 Å². The topological polar surface area (TPSA) is 8.17 Å². The van der Waals surface area contributed by atoms with Crippen LogP contribution in [-0.4, -0.2) is 4.57 Å². The predicted molar refractivity (Wildman–Crippen MR) is 298 cm³/mol. The normalized spacial score (nSPS) is 15.7. The molecule has 2 spiro atoms. The molecule has 1 unspecified atom stereocenters. The van der Waals surface area contributed by atoms with Gasteiger partial charge in [0.05, 0.1) is 33.2 Å². The van der Waals surface area contributed by atoms with Crippen molar-refractivity contribution in [2.45, 2.75) is 10.8 Å². The van der Waals surface area contributed by atoms with E-state index in [9.17, 15) is 0 Å². The first kappa shape index (κ1) is 38.6. The molecule has 0 saturated heterocycles. The lowest BCUT2D eigenvalue weighted by Gasteiger charge is -2.40. The molecule has 13 aromatic rings. The van der Waals surface area contributed by atoms with Gasteiger partial charge in [-0.3, -0.25) is 0 Å². The maximum Gasteiger partial charge on any atom is 0.0755 e. The average Bonchev–Trinajstić information content (AvgIpc) is 4.14. The van der Waals surface area contributed by atoms with Crippen molar-refractivity contribution < 1.29 is 0 Å². The van der Waals surface area contributed by atoms with E-state index in [2.05, 4.69) is 264 Å². The molecule has 1 aromatic heterocycles. The summed E-state index contributed by atoms with van der Waals surface area (Å²) in [4.78, 5) is 2.58. The maximum absolute atomic E-state index is 2.58. The molecule has 0 saturated carbocycles. The van der Waals surface area contributed by atoms with Crippen LogP contribution in [0.1, 0.15) is 44.5 Å². The molecule has 17 rings (SSSR count). The van der Waals surface area contributed by atoms with Crippen molar-refractivity contribution >= 4 is 60.4 Å². The Morgan fingerprint density at radius 3 is 1.56 bits per heavy atom. The molecule has 4 aliphatic rings. The van der Waals surface area contributed by atoms with E-state index in [4.69, 9.17) is 0 Å². The third kappa shape index (κ3) is 4.53. The Labute approximate surface area is 417 Å². The molecule has 2 heteroatoms. The van der Waals surface area contributed by atoms with Crippen molar-refractivity contribution in [1.82, 2.24) is 4.57 Å². The van der Waals surface area contributed by atoms with Crippen molar-refractivity contribution in [1.29, 1.82) is 0 Å². The van der Waals surface area contributed by atoms with Crippen molar-refractivity contribution in [2.75, 3.05) is 4.90 Å². The lowest BCUT2D eigenvalue weighted by Crippen LogP contribution is -2.33. The standard InChI is InChI=1S/C70H42N2/c1-2-18-47-43(17-1)35-36-44-41-45(37-39-48(44)47)71(66-34-16-30-61-67(66)55-23-6-11-28-59(55)69(61)56-25-8-3-19-49(56)50-20-4-9-26-57(50)69)46-38-40-52-51-21-5-10-27-58(51)70(63(52)42-46)60-29-12-14-33-65(60)72-64-32-13-7-22-53(64)54-24-15-31-62(70)68(54)72/h1-42H. The number of fused-ring (bicyclic) bond motifs is 25. The van der Waals surface area contributed by atoms with Crippen molar-refractivity contribution in [3.63, 3.8) is 0 Å². The van der Waals surface area contributed by atoms with Gasteiger partial charge in [0, 0.05) is 27.7 Å². The first-order chi connectivity index (χ1) is 35.7. The minimum Gasteiger partial charge on any atom is -0.310 e. The smallest absolute Gasteiger partial charge is 0.0755 e. The minimum absolute atomic E-state index is 0.477. The van der Waals surface area contributed by atoms with Gasteiger partial charge in [0.2, 0.25) is 0 Å². The fourth-order valence-electron chi connectivity index (χ4n) is 14.6. The summed E-state index contributed by atoms with van der Waals surface area (Å²) in [7, 11) is 0. The molecule has 2 nitrogen and oxygen atoms in total. The molecular weight excluding hydrogens is 869 g/mol. The van der Waals surface area contributed by atoms with E-state index in [1.165, 1.54) is 127 Å². The van der Waals surface area contributed by atoms with Crippen molar-refractivity contribution in [3.05, 3.63) is 299 Å². The second kappa shape index (κ2) is 13.8. The Hall–Kier alpha value is -9.24. The zero-order valence-corrected chi connectivity index (χ0v) is 39.1. The first-order valence-corrected chi connectivity index (χ1v) is 25.3. The van der Waals surface area contributed by atoms with Crippen LogP contribution >= 0.6 is 0 Å². The van der Waals surface area contributed by atoms with Gasteiger partial charge in [0.15, 0.2) is 0 Å². The second-order valence-electron chi connectivity index (χ2n) is 20.2. The van der Waals surface area contributed by atoms with Crippen LogP contribution in [0.5, 0.6) is 0 Å². The summed E-state index contributed by atoms with van der Waals surface area (Å²) >= 11 is 0. The van der Waals surface area contributed by atoms with Crippen LogP contribution < -0.4 is 4.90 Å². The Morgan fingerprint density at radius 2 is 0.792 bits per heavy atom. The Morgan fingerprint density at radius 1 is 0.292 bits per heavy atom. The van der Waals surface area contributed by atoms with Gasteiger partial charge in [-0.05, 0) is 136 Å². The van der Waals surface area contributed by atoms with Crippen LogP contribution in [0.4, 0.5) is 17.1 Å². The first-order valence-electron chi connectivity index (χ1n) is 25.3. The summed E-state index contributed by atoms with van der Waals surface area (Å²) in [5, 5.41) is 7.55. The van der Waals surface area contributed by atoms with Crippen LogP contribution in [0.25, 0.3) is 82.4 Å². The largest absolute Gasteiger partial charge is 0.310 e. The summed E-state index contributed by atoms with van der Waals surface area (Å²) in [6.45, 7) is 0. The van der Waals surface area contributed by atoms with Gasteiger partial charge in [0.25, 0.3) is 0 Å². The van der Waals surface area contributed by atoms with Crippen LogP contribution in [-0.2, 0) is 10.8 Å². The molecule has 0 N–H and O–H groups in total. The number of hydrogen-bond acceptors (Lipinski definition) is 1. The van der Waals surface area contributed by atoms with Gasteiger partial charge >= 0.3 is 0 Å². The number of anilines is 3. The Kier molecular flexibility index (Phi) is 7.37. The van der Waals surface area contributed by atoms with Crippen molar-refractivity contribution in [3.8, 4) is 39.1 Å². The van der Waals surface area contributed by atoms with Gasteiger partial charge in [-0.15, -0.1) is 0 Å². The zero-order chi connectivity index (χ0) is 46.9. The lowest BCUT2D eigenvalue weighted by atomic mass is 9.65. The fourth-order valence-corrected chi connectivity index (χ4v) is 14.6. The molecule has 0 fully saturated rings. The number of benzene rings is 12. The fraction of sp³-hybridized carbons (Fsp3) is 0.0286. The highest BCUT2D eigenvalue weighted by Crippen LogP contribution is 2.66. The minimum atomic E-state index is -0.594. The molecule has 332 valence electrons. The van der Waals surface area contributed by atoms with E-state index in [0.29, 0.717) is 0 Å². The number of hydrogen-bond donors (Lipinski definition) is 0. The van der Waals surface area contributed by atoms with Crippen LogP contribution in [0.2, 0.25) is 0 Å². The monoisotopic (exact) mass is 910 g/mol. The molecular formula is C70H42N2. The number of nitrogens with zero attached hydrogens (tertiary/aromatic N) is 2. The Balaban J connectivity index is 0.985. The SMILES string of the molecule is c1ccc2c(c1)-c1ccccc1C21c2ccccc2-c2c(N(c3ccc4c(c3)C3(c5ccccc5-4)c4ccccc4-n4c5ccccc5c5cccc3c54)c3ccc4c(ccc5ccccc54)c3)cccc21. The van der Waals surface area contributed by atoms with Gasteiger partial charge in [-0.1, -0.05) is 212 Å². The summed E-state index contributed by atoms with van der Waals surface area (Å²) in [6.07, 6.45) is 0. The molecule has 0 radical (unpaired) electrons. The van der Waals surface area contributed by atoms with Crippen molar-refractivity contribution in [2.24, 2.45) is 0 Å². The number of aromatic nitrogens is 1. The predicted octanol–water partition coefficient (Wildman–Crippen LogP) is 17.6. The Bertz CT molecular complexity index is 4500. The van der Waals surface area contributed by atoms with Gasteiger partial charge < -0.3 is 9.47 Å². The molecule has 0 bridgehead atoms. The zero-order valence-electron chi connectivity index (χ0n) is 39.1. The molecule has 1 aliphatic heterocycles. The highest BCUT2D eigenvalue weighted by atomic mass is 15.1. The highest BCUT2D eigenvalue weighted by Gasteiger charge is 2.54. The van der Waals surface area contributed by atoms with E-state index >= 15 is 0 Å². The molecule has 2 heterocycles. The van der Waals surface area contributed by atoms with Gasteiger partial charge in [-0.25, -0.2) is 0 Å². The second-order valence-corrected chi connectivity index (χ2v) is 20.2. The molecule has 12 aromatic carbocycles.